The van der Waals surface area contributed by atoms with Crippen LogP contribution < -0.4 is 5.73 Å². The predicted octanol–water partition coefficient (Wildman–Crippen LogP) is -0.371. The molecule has 0 aromatic rings. The summed E-state index contributed by atoms with van der Waals surface area (Å²) in [4.78, 5) is 10.1. The monoisotopic (exact) mass is 189 g/mol. The highest BCUT2D eigenvalue weighted by atomic mass is 32.2. The van der Waals surface area contributed by atoms with Gasteiger partial charge in [0.05, 0.1) is 5.75 Å². The van der Waals surface area contributed by atoms with E-state index in [-0.39, 0.29) is 5.75 Å². The average molecular weight is 189 g/mol. The van der Waals surface area contributed by atoms with Crippen molar-refractivity contribution in [2.75, 3.05) is 12.0 Å². The van der Waals surface area contributed by atoms with Crippen LogP contribution in [-0.4, -0.2) is 26.3 Å². The van der Waals surface area contributed by atoms with Crippen LogP contribution in [0.15, 0.2) is 24.3 Å². The predicted molar refractivity (Wildman–Crippen MR) is 47.2 cm³/mol. The highest BCUT2D eigenvalue weighted by Gasteiger charge is 1.94. The normalized spacial score (nSPS) is 12.8. The number of primary amides is 1. The zero-order valence-corrected chi connectivity index (χ0v) is 7.54. The van der Waals surface area contributed by atoms with Gasteiger partial charge < -0.3 is 5.73 Å². The molecule has 0 rings (SSSR count). The van der Waals surface area contributed by atoms with Gasteiger partial charge in [-0.2, -0.15) is 0 Å². The molecule has 4 nitrogen and oxygen atoms in total. The van der Waals surface area contributed by atoms with E-state index in [1.54, 1.807) is 0 Å². The largest absolute Gasteiger partial charge is 0.366 e. The van der Waals surface area contributed by atoms with Gasteiger partial charge in [0.2, 0.25) is 5.91 Å². The van der Waals surface area contributed by atoms with Crippen LogP contribution in [0.3, 0.4) is 0 Å². The van der Waals surface area contributed by atoms with Crippen LogP contribution in [0.25, 0.3) is 0 Å². The second kappa shape index (κ2) is 4.71. The lowest BCUT2D eigenvalue weighted by atomic mass is 10.4. The Kier molecular flexibility index (Phi) is 4.28. The highest BCUT2D eigenvalue weighted by Crippen LogP contribution is 1.84. The lowest BCUT2D eigenvalue weighted by Gasteiger charge is -1.86. The number of allylic oxidation sites excluding steroid dienone is 2. The van der Waals surface area contributed by atoms with Crippen LogP contribution in [0.2, 0.25) is 0 Å². The molecule has 0 spiro atoms. The SMILES string of the molecule is CS(=O)(=O)CC=CC=CC(N)=O. The van der Waals surface area contributed by atoms with Crippen molar-refractivity contribution in [1.29, 1.82) is 0 Å². The molecule has 0 radical (unpaired) electrons. The lowest BCUT2D eigenvalue weighted by molar-refractivity contribution is -0.113. The maximum Gasteiger partial charge on any atom is 0.241 e. The van der Waals surface area contributed by atoms with Crippen LogP contribution in [0, 0.1) is 0 Å². The Morgan fingerprint density at radius 1 is 1.42 bits per heavy atom. The van der Waals surface area contributed by atoms with Gasteiger partial charge in [0, 0.05) is 12.3 Å². The number of hydrogen-bond donors (Lipinski definition) is 1. The summed E-state index contributed by atoms with van der Waals surface area (Å²) < 4.78 is 21.1. The zero-order chi connectivity index (χ0) is 9.61. The van der Waals surface area contributed by atoms with Crippen molar-refractivity contribution in [3.63, 3.8) is 0 Å². The molecule has 0 aliphatic heterocycles. The summed E-state index contributed by atoms with van der Waals surface area (Å²) in [5, 5.41) is 0. The van der Waals surface area contributed by atoms with Crippen molar-refractivity contribution in [2.24, 2.45) is 5.73 Å². The van der Waals surface area contributed by atoms with Gasteiger partial charge in [-0.05, 0) is 0 Å². The number of sulfone groups is 1. The van der Waals surface area contributed by atoms with Gasteiger partial charge in [0.1, 0.15) is 0 Å². The van der Waals surface area contributed by atoms with Crippen molar-refractivity contribution in [1.82, 2.24) is 0 Å². The van der Waals surface area contributed by atoms with Crippen LogP contribution >= 0.6 is 0 Å². The third-order valence-electron chi connectivity index (χ3n) is 0.907. The Morgan fingerprint density at radius 2 is 2.00 bits per heavy atom. The molecule has 0 bridgehead atoms. The quantitative estimate of drug-likeness (QED) is 0.484. The van der Waals surface area contributed by atoms with Gasteiger partial charge in [-0.25, -0.2) is 8.42 Å². The molecule has 0 aromatic carbocycles. The molecule has 0 aliphatic rings. The van der Waals surface area contributed by atoms with Crippen LogP contribution in [0.1, 0.15) is 0 Å². The van der Waals surface area contributed by atoms with Crippen molar-refractivity contribution in [3.05, 3.63) is 24.3 Å². The number of carbonyl (C=O) groups excluding carboxylic acids is 1. The molecule has 2 N–H and O–H groups in total. The van der Waals surface area contributed by atoms with Crippen molar-refractivity contribution in [3.8, 4) is 0 Å². The van der Waals surface area contributed by atoms with E-state index in [1.165, 1.54) is 18.2 Å². The minimum atomic E-state index is -2.96. The fraction of sp³-hybridized carbons (Fsp3) is 0.286. The molecule has 0 heterocycles. The summed E-state index contributed by atoms with van der Waals surface area (Å²) in [6, 6.07) is 0. The van der Waals surface area contributed by atoms with Crippen molar-refractivity contribution in [2.45, 2.75) is 0 Å². The first-order valence-electron chi connectivity index (χ1n) is 3.22. The Labute approximate surface area is 71.7 Å². The first-order chi connectivity index (χ1) is 5.42. The summed E-state index contributed by atoms with van der Waals surface area (Å²) in [7, 11) is -2.96. The van der Waals surface area contributed by atoms with Crippen LogP contribution in [-0.2, 0) is 14.6 Å². The minimum absolute atomic E-state index is 0.0316. The van der Waals surface area contributed by atoms with E-state index in [0.717, 1.165) is 12.3 Å². The molecule has 0 saturated heterocycles. The van der Waals surface area contributed by atoms with Gasteiger partial charge in [-0.1, -0.05) is 18.2 Å². The first kappa shape index (κ1) is 10.9. The number of carbonyl (C=O) groups is 1. The van der Waals surface area contributed by atoms with E-state index in [4.69, 9.17) is 5.73 Å². The van der Waals surface area contributed by atoms with Crippen LogP contribution in [0.4, 0.5) is 0 Å². The first-order valence-corrected chi connectivity index (χ1v) is 5.28. The number of rotatable bonds is 4. The third-order valence-corrected chi connectivity index (χ3v) is 1.70. The second-order valence-corrected chi connectivity index (χ2v) is 4.47. The summed E-state index contributed by atoms with van der Waals surface area (Å²) in [5.41, 5.74) is 4.78. The van der Waals surface area contributed by atoms with E-state index in [2.05, 4.69) is 0 Å². The molecular formula is C7H11NO3S. The molecule has 0 fully saturated rings. The van der Waals surface area contributed by atoms with Crippen LogP contribution in [0.5, 0.6) is 0 Å². The number of nitrogens with two attached hydrogens (primary N) is 1. The minimum Gasteiger partial charge on any atom is -0.366 e. The van der Waals surface area contributed by atoms with E-state index in [9.17, 15) is 13.2 Å². The Morgan fingerprint density at radius 3 is 2.42 bits per heavy atom. The van der Waals surface area contributed by atoms with E-state index >= 15 is 0 Å². The molecule has 68 valence electrons. The molecule has 0 aromatic heterocycles. The van der Waals surface area contributed by atoms with Gasteiger partial charge in [0.15, 0.2) is 9.84 Å². The lowest BCUT2D eigenvalue weighted by Crippen LogP contribution is -2.05. The third kappa shape index (κ3) is 8.90. The van der Waals surface area contributed by atoms with E-state index in [0.29, 0.717) is 0 Å². The molecule has 0 aliphatic carbocycles. The highest BCUT2D eigenvalue weighted by molar-refractivity contribution is 7.90. The maximum atomic E-state index is 10.6. The average Bonchev–Trinajstić information content (AvgIpc) is 1.83. The standard InChI is InChI=1S/C7H11NO3S/c1-12(10,11)6-4-2-3-5-7(8)9/h2-5H,6H2,1H3,(H2,8,9). The zero-order valence-electron chi connectivity index (χ0n) is 6.73. The second-order valence-electron chi connectivity index (χ2n) is 2.28. The molecule has 5 heteroatoms. The van der Waals surface area contributed by atoms with E-state index in [1.807, 2.05) is 0 Å². The van der Waals surface area contributed by atoms with Gasteiger partial charge in [0.25, 0.3) is 0 Å². The summed E-state index contributed by atoms with van der Waals surface area (Å²) in [6.45, 7) is 0. The fourth-order valence-corrected chi connectivity index (χ4v) is 0.920. The molecule has 0 unspecified atom stereocenters. The Bertz CT molecular complexity index is 301. The van der Waals surface area contributed by atoms with Crippen molar-refractivity contribution < 1.29 is 13.2 Å². The fourth-order valence-electron chi connectivity index (χ4n) is 0.459. The van der Waals surface area contributed by atoms with Crippen molar-refractivity contribution >= 4 is 15.7 Å². The summed E-state index contributed by atoms with van der Waals surface area (Å²) in [5.74, 6) is -0.588. The smallest absolute Gasteiger partial charge is 0.241 e. The maximum absolute atomic E-state index is 10.6. The van der Waals surface area contributed by atoms with Gasteiger partial charge >= 0.3 is 0 Å². The number of hydrogen-bond acceptors (Lipinski definition) is 3. The molecule has 1 amide bonds. The molecule has 0 atom stereocenters. The Balaban J connectivity index is 3.88. The summed E-state index contributed by atoms with van der Waals surface area (Å²) >= 11 is 0. The molecule has 12 heavy (non-hydrogen) atoms. The van der Waals surface area contributed by atoms with Gasteiger partial charge in [-0.15, -0.1) is 0 Å². The molecule has 0 saturated carbocycles. The van der Waals surface area contributed by atoms with Gasteiger partial charge in [-0.3, -0.25) is 4.79 Å². The topological polar surface area (TPSA) is 77.2 Å². The number of amides is 1. The summed E-state index contributed by atoms with van der Waals surface area (Å²) in [6.07, 6.45) is 6.59. The van der Waals surface area contributed by atoms with E-state index < -0.39 is 15.7 Å². The Hall–Kier alpha value is -1.10. The molecular weight excluding hydrogens is 178 g/mol.